The molecule has 0 aliphatic rings. The zero-order valence-corrected chi connectivity index (χ0v) is 15.3. The molecule has 0 fully saturated rings. The van der Waals surface area contributed by atoms with Gasteiger partial charge < -0.3 is 20.4 Å². The molecule has 11 heteroatoms. The Bertz CT molecular complexity index is 346. The molecule has 0 saturated carbocycles. The summed E-state index contributed by atoms with van der Waals surface area (Å²) in [6.45, 7) is -1.58. The molecule has 104 valence electrons. The van der Waals surface area contributed by atoms with E-state index in [0.29, 0.717) is 4.90 Å². The molecule has 0 rings (SSSR count). The van der Waals surface area contributed by atoms with Crippen LogP contribution < -0.4 is 0 Å². The van der Waals surface area contributed by atoms with Crippen LogP contribution in [-0.4, -0.2) is 127 Å². The monoisotopic (exact) mass is 309 g/mol. The van der Waals surface area contributed by atoms with Crippen molar-refractivity contribution in [1.29, 1.82) is 0 Å². The second-order valence-corrected chi connectivity index (χ2v) is 3.48. The van der Waals surface area contributed by atoms with Crippen molar-refractivity contribution in [1.82, 2.24) is 4.90 Å². The van der Waals surface area contributed by atoms with E-state index in [-0.39, 0.29) is 65.5 Å². The zero-order chi connectivity index (χ0) is 14.3. The molecule has 2 radical (unpaired) electrons. The SMILES string of the molecule is O=C(O)CC[C@@H](C(=O)O)N(CC(=O)O)CC(=O)O.[Na].[Na]. The Labute approximate surface area is 158 Å². The molecule has 0 aliphatic carbocycles. The molecule has 20 heavy (non-hydrogen) atoms. The quantitative estimate of drug-likeness (QED) is 0.355. The summed E-state index contributed by atoms with van der Waals surface area (Å²) >= 11 is 0. The van der Waals surface area contributed by atoms with Crippen LogP contribution in [0, 0.1) is 0 Å². The van der Waals surface area contributed by atoms with E-state index in [1.54, 1.807) is 0 Å². The number of carboxylic acid groups (broad SMARTS) is 4. The second kappa shape index (κ2) is 12.6. The molecular formula is C9H13NNa2O8. The van der Waals surface area contributed by atoms with E-state index >= 15 is 0 Å². The van der Waals surface area contributed by atoms with Crippen LogP contribution in [0.2, 0.25) is 0 Å². The normalized spacial score (nSPS) is 10.8. The maximum absolute atomic E-state index is 10.9. The van der Waals surface area contributed by atoms with Gasteiger partial charge in [-0.15, -0.1) is 0 Å². The predicted molar refractivity (Wildman–Crippen MR) is 66.6 cm³/mol. The number of hydrogen-bond acceptors (Lipinski definition) is 5. The zero-order valence-electron chi connectivity index (χ0n) is 11.3. The molecule has 9 nitrogen and oxygen atoms in total. The van der Waals surface area contributed by atoms with Crippen molar-refractivity contribution in [2.75, 3.05) is 13.1 Å². The minimum atomic E-state index is -1.46. The molecule has 1 atom stereocenters. The van der Waals surface area contributed by atoms with Crippen LogP contribution in [0.4, 0.5) is 0 Å². The topological polar surface area (TPSA) is 152 Å². The maximum Gasteiger partial charge on any atom is 0.320 e. The smallest absolute Gasteiger partial charge is 0.320 e. The Morgan fingerprint density at radius 1 is 0.800 bits per heavy atom. The number of carboxylic acids is 4. The number of nitrogens with zero attached hydrogens (tertiary/aromatic N) is 1. The summed E-state index contributed by atoms with van der Waals surface area (Å²) in [5, 5.41) is 34.4. The van der Waals surface area contributed by atoms with Gasteiger partial charge in [0.25, 0.3) is 0 Å². The standard InChI is InChI=1S/C9H13NO8.2Na/c11-6(12)2-1-5(9(17)18)10(3-7(13)14)4-8(15)16;;/h5H,1-4H2,(H,11,12)(H,13,14)(H,15,16)(H,17,18);;/t5-;;/m0../s1. The van der Waals surface area contributed by atoms with Gasteiger partial charge >= 0.3 is 23.9 Å². The molecule has 0 amide bonds. The van der Waals surface area contributed by atoms with E-state index < -0.39 is 49.4 Å². The van der Waals surface area contributed by atoms with Crippen molar-refractivity contribution in [3.8, 4) is 0 Å². The first-order chi connectivity index (χ1) is 8.23. The van der Waals surface area contributed by atoms with Crippen LogP contribution in [0.15, 0.2) is 0 Å². The largest absolute Gasteiger partial charge is 0.481 e. The molecule has 0 aromatic heterocycles. The Hall–Kier alpha value is -0.160. The van der Waals surface area contributed by atoms with Crippen molar-refractivity contribution in [3.05, 3.63) is 0 Å². The van der Waals surface area contributed by atoms with Crippen molar-refractivity contribution >= 4 is 83.0 Å². The predicted octanol–water partition coefficient (Wildman–Crippen LogP) is -1.99. The molecule has 0 saturated heterocycles. The third-order valence-electron chi connectivity index (χ3n) is 2.03. The molecule has 0 heterocycles. The number of aliphatic carboxylic acids is 4. The summed E-state index contributed by atoms with van der Waals surface area (Å²) < 4.78 is 0. The first-order valence-electron chi connectivity index (χ1n) is 4.86. The Morgan fingerprint density at radius 2 is 1.20 bits per heavy atom. The van der Waals surface area contributed by atoms with Crippen LogP contribution in [0.3, 0.4) is 0 Å². The molecule has 0 aliphatic heterocycles. The molecule has 0 aromatic rings. The Kier molecular flexibility index (Phi) is 15.6. The number of rotatable bonds is 9. The van der Waals surface area contributed by atoms with Gasteiger partial charge in [0.1, 0.15) is 6.04 Å². The molecule has 0 unspecified atom stereocenters. The molecule has 4 N–H and O–H groups in total. The first kappa shape index (κ1) is 24.8. The summed E-state index contributed by atoms with van der Waals surface area (Å²) in [5.41, 5.74) is 0. The van der Waals surface area contributed by atoms with Gasteiger partial charge in [0.05, 0.1) is 13.1 Å². The van der Waals surface area contributed by atoms with Crippen LogP contribution in [0.1, 0.15) is 12.8 Å². The van der Waals surface area contributed by atoms with E-state index in [0.717, 1.165) is 0 Å². The van der Waals surface area contributed by atoms with Gasteiger partial charge in [0.2, 0.25) is 0 Å². The van der Waals surface area contributed by atoms with Crippen LogP contribution >= 0.6 is 0 Å². The van der Waals surface area contributed by atoms with Gasteiger partial charge in [-0.2, -0.15) is 0 Å². The summed E-state index contributed by atoms with van der Waals surface area (Å²) in [4.78, 5) is 43.0. The van der Waals surface area contributed by atoms with Gasteiger partial charge in [0, 0.05) is 65.5 Å². The van der Waals surface area contributed by atoms with E-state index in [4.69, 9.17) is 20.4 Å². The minimum Gasteiger partial charge on any atom is -0.481 e. The summed E-state index contributed by atoms with van der Waals surface area (Å²) in [6.07, 6.45) is -0.863. The average Bonchev–Trinajstić information content (AvgIpc) is 2.14. The summed E-state index contributed by atoms with van der Waals surface area (Å²) in [6, 6.07) is -1.46. The van der Waals surface area contributed by atoms with Crippen LogP contribution in [-0.2, 0) is 19.2 Å². The molecular weight excluding hydrogens is 296 g/mol. The third-order valence-corrected chi connectivity index (χ3v) is 2.03. The van der Waals surface area contributed by atoms with Gasteiger partial charge in [-0.3, -0.25) is 24.1 Å². The van der Waals surface area contributed by atoms with E-state index in [9.17, 15) is 19.2 Å². The molecule has 0 bridgehead atoms. The van der Waals surface area contributed by atoms with Crippen molar-refractivity contribution in [3.63, 3.8) is 0 Å². The van der Waals surface area contributed by atoms with Gasteiger partial charge in [-0.1, -0.05) is 0 Å². The van der Waals surface area contributed by atoms with E-state index in [1.165, 1.54) is 0 Å². The fraction of sp³-hybridized carbons (Fsp3) is 0.556. The van der Waals surface area contributed by atoms with Crippen LogP contribution in [0.5, 0.6) is 0 Å². The maximum atomic E-state index is 10.9. The van der Waals surface area contributed by atoms with E-state index in [2.05, 4.69) is 0 Å². The van der Waals surface area contributed by atoms with E-state index in [1.807, 2.05) is 0 Å². The van der Waals surface area contributed by atoms with Crippen LogP contribution in [0.25, 0.3) is 0 Å². The van der Waals surface area contributed by atoms with Gasteiger partial charge in [0.15, 0.2) is 0 Å². The third kappa shape index (κ3) is 11.6. The fourth-order valence-electron chi connectivity index (χ4n) is 1.35. The van der Waals surface area contributed by atoms with Gasteiger partial charge in [-0.25, -0.2) is 0 Å². The fourth-order valence-corrected chi connectivity index (χ4v) is 1.35. The molecule has 0 spiro atoms. The Balaban J connectivity index is -0.00000144. The summed E-state index contributed by atoms with van der Waals surface area (Å²) in [5.74, 6) is -5.48. The van der Waals surface area contributed by atoms with Crippen molar-refractivity contribution < 1.29 is 39.6 Å². The van der Waals surface area contributed by atoms with Gasteiger partial charge in [-0.05, 0) is 6.42 Å². The Morgan fingerprint density at radius 3 is 1.45 bits per heavy atom. The first-order valence-corrected chi connectivity index (χ1v) is 4.86. The van der Waals surface area contributed by atoms with Crippen molar-refractivity contribution in [2.24, 2.45) is 0 Å². The van der Waals surface area contributed by atoms with Crippen molar-refractivity contribution in [2.45, 2.75) is 18.9 Å². The minimum absolute atomic E-state index is 0. The molecule has 0 aromatic carbocycles. The summed E-state index contributed by atoms with van der Waals surface area (Å²) in [7, 11) is 0. The number of hydrogen-bond donors (Lipinski definition) is 4. The average molecular weight is 309 g/mol. The number of carbonyl (C=O) groups is 4. The second-order valence-electron chi connectivity index (χ2n) is 3.48.